The molecule has 1 aromatic heterocycles. The van der Waals surface area contributed by atoms with E-state index in [0.717, 1.165) is 18.7 Å². The van der Waals surface area contributed by atoms with Gasteiger partial charge in [-0.05, 0) is 6.42 Å². The zero-order valence-corrected chi connectivity index (χ0v) is 7.36. The fourth-order valence-corrected chi connectivity index (χ4v) is 0.926. The van der Waals surface area contributed by atoms with Gasteiger partial charge in [-0.3, -0.25) is 4.68 Å². The first-order valence-corrected chi connectivity index (χ1v) is 4.13. The minimum Gasteiger partial charge on any atom is -0.486 e. The van der Waals surface area contributed by atoms with E-state index in [1.54, 1.807) is 12.3 Å². The van der Waals surface area contributed by atoms with Gasteiger partial charge >= 0.3 is 0 Å². The Morgan fingerprint density at radius 1 is 1.75 bits per heavy atom. The van der Waals surface area contributed by atoms with Crippen molar-refractivity contribution in [1.29, 1.82) is 0 Å². The van der Waals surface area contributed by atoms with Crippen molar-refractivity contribution in [2.24, 2.45) is 0 Å². The van der Waals surface area contributed by atoms with Crippen molar-refractivity contribution < 1.29 is 4.74 Å². The zero-order chi connectivity index (χ0) is 8.81. The Hall–Kier alpha value is -1.25. The summed E-state index contributed by atoms with van der Waals surface area (Å²) < 4.78 is 7.15. The van der Waals surface area contributed by atoms with Crippen LogP contribution >= 0.6 is 0 Å². The van der Waals surface area contributed by atoms with Crippen LogP contribution in [0.2, 0.25) is 0 Å². The maximum Gasteiger partial charge on any atom is 0.157 e. The van der Waals surface area contributed by atoms with Crippen LogP contribution in [0.1, 0.15) is 13.3 Å². The van der Waals surface area contributed by atoms with Crippen LogP contribution in [0.4, 0.5) is 0 Å². The van der Waals surface area contributed by atoms with E-state index in [1.807, 2.05) is 10.9 Å². The molecular formula is C9H14N2O. The second kappa shape index (κ2) is 4.59. The quantitative estimate of drug-likeness (QED) is 0.624. The summed E-state index contributed by atoms with van der Waals surface area (Å²) in [6.45, 7) is 7.17. The number of hydrogen-bond acceptors (Lipinski definition) is 2. The average molecular weight is 166 g/mol. The van der Waals surface area contributed by atoms with Gasteiger partial charge in [0, 0.05) is 6.54 Å². The maximum absolute atomic E-state index is 5.28. The number of hydrogen-bond donors (Lipinski definition) is 0. The molecule has 0 amide bonds. The molecule has 0 atom stereocenters. The zero-order valence-electron chi connectivity index (χ0n) is 7.36. The minimum absolute atomic E-state index is 0.540. The largest absolute Gasteiger partial charge is 0.486 e. The first kappa shape index (κ1) is 8.84. The molecule has 0 unspecified atom stereocenters. The molecular weight excluding hydrogens is 152 g/mol. The Bertz CT molecular complexity index is 242. The second-order valence-electron chi connectivity index (χ2n) is 2.54. The molecule has 0 aromatic carbocycles. The van der Waals surface area contributed by atoms with Gasteiger partial charge in [0.15, 0.2) is 5.75 Å². The van der Waals surface area contributed by atoms with E-state index >= 15 is 0 Å². The molecule has 0 radical (unpaired) electrons. The fraction of sp³-hybridized carbons (Fsp3) is 0.444. The molecule has 1 rings (SSSR count). The number of rotatable bonds is 5. The van der Waals surface area contributed by atoms with Gasteiger partial charge in [-0.15, -0.1) is 0 Å². The second-order valence-corrected chi connectivity index (χ2v) is 2.54. The Labute approximate surface area is 72.7 Å². The highest BCUT2D eigenvalue weighted by molar-refractivity contribution is 5.11. The predicted molar refractivity (Wildman–Crippen MR) is 48.2 cm³/mol. The van der Waals surface area contributed by atoms with Crippen LogP contribution in [-0.2, 0) is 6.54 Å². The Morgan fingerprint density at radius 3 is 3.25 bits per heavy atom. The number of nitrogens with zero attached hydrogens (tertiary/aromatic N) is 2. The fourth-order valence-electron chi connectivity index (χ4n) is 0.926. The third-order valence-corrected chi connectivity index (χ3v) is 1.43. The van der Waals surface area contributed by atoms with Crippen molar-refractivity contribution in [2.45, 2.75) is 19.9 Å². The minimum atomic E-state index is 0.540. The molecule has 3 heteroatoms. The summed E-state index contributed by atoms with van der Waals surface area (Å²) in [6.07, 6.45) is 6.42. The van der Waals surface area contributed by atoms with E-state index in [4.69, 9.17) is 4.74 Å². The topological polar surface area (TPSA) is 27.1 Å². The van der Waals surface area contributed by atoms with Crippen LogP contribution in [0.3, 0.4) is 0 Å². The predicted octanol–water partition coefficient (Wildman–Crippen LogP) is 1.86. The lowest BCUT2D eigenvalue weighted by molar-refractivity contribution is 0.362. The Kier molecular flexibility index (Phi) is 3.38. The summed E-state index contributed by atoms with van der Waals surface area (Å²) >= 11 is 0. The third-order valence-electron chi connectivity index (χ3n) is 1.43. The molecule has 0 saturated carbocycles. The normalized spacial score (nSPS) is 9.75. The maximum atomic E-state index is 5.28. The van der Waals surface area contributed by atoms with Crippen LogP contribution in [-0.4, -0.2) is 16.4 Å². The molecule has 12 heavy (non-hydrogen) atoms. The highest BCUT2D eigenvalue weighted by Gasteiger charge is 1.96. The van der Waals surface area contributed by atoms with Gasteiger partial charge < -0.3 is 4.74 Å². The summed E-state index contributed by atoms with van der Waals surface area (Å²) in [4.78, 5) is 0. The molecule has 1 heterocycles. The average Bonchev–Trinajstić information content (AvgIpc) is 2.50. The highest BCUT2D eigenvalue weighted by atomic mass is 16.5. The van der Waals surface area contributed by atoms with Gasteiger partial charge in [0.1, 0.15) is 6.61 Å². The van der Waals surface area contributed by atoms with Gasteiger partial charge in [0.25, 0.3) is 0 Å². The Balaban J connectivity index is 2.46. The molecule has 0 aliphatic carbocycles. The summed E-state index contributed by atoms with van der Waals surface area (Å²) in [5.41, 5.74) is 0. The van der Waals surface area contributed by atoms with Crippen LogP contribution in [0, 0.1) is 0 Å². The van der Waals surface area contributed by atoms with E-state index in [2.05, 4.69) is 18.6 Å². The highest BCUT2D eigenvalue weighted by Crippen LogP contribution is 2.07. The summed E-state index contributed by atoms with van der Waals surface area (Å²) in [6, 6.07) is 0. The van der Waals surface area contributed by atoms with Crippen molar-refractivity contribution >= 4 is 0 Å². The molecule has 0 N–H and O–H groups in total. The monoisotopic (exact) mass is 166 g/mol. The van der Waals surface area contributed by atoms with Crippen molar-refractivity contribution in [1.82, 2.24) is 9.78 Å². The molecule has 0 bridgehead atoms. The van der Waals surface area contributed by atoms with Gasteiger partial charge in [-0.1, -0.05) is 19.6 Å². The lowest BCUT2D eigenvalue weighted by Crippen LogP contribution is -1.96. The summed E-state index contributed by atoms with van der Waals surface area (Å²) in [5, 5.41) is 4.12. The number of aryl methyl sites for hydroxylation is 1. The van der Waals surface area contributed by atoms with Gasteiger partial charge in [-0.25, -0.2) is 0 Å². The smallest absolute Gasteiger partial charge is 0.157 e. The van der Waals surface area contributed by atoms with E-state index in [1.165, 1.54) is 0 Å². The third kappa shape index (κ3) is 2.42. The Morgan fingerprint density at radius 2 is 2.58 bits per heavy atom. The molecule has 0 fully saturated rings. The molecule has 0 aliphatic heterocycles. The SMILES string of the molecule is C=CCOc1cnn(CCC)c1. The van der Waals surface area contributed by atoms with Crippen molar-refractivity contribution in [3.8, 4) is 5.75 Å². The molecule has 66 valence electrons. The van der Waals surface area contributed by atoms with Gasteiger partial charge in [-0.2, -0.15) is 5.10 Å². The van der Waals surface area contributed by atoms with E-state index in [-0.39, 0.29) is 0 Å². The first-order valence-electron chi connectivity index (χ1n) is 4.13. The van der Waals surface area contributed by atoms with Crippen molar-refractivity contribution in [3.05, 3.63) is 25.0 Å². The number of aromatic nitrogens is 2. The molecule has 0 saturated heterocycles. The van der Waals surface area contributed by atoms with Gasteiger partial charge in [0.2, 0.25) is 0 Å². The summed E-state index contributed by atoms with van der Waals surface area (Å²) in [7, 11) is 0. The van der Waals surface area contributed by atoms with Crippen molar-refractivity contribution in [3.63, 3.8) is 0 Å². The van der Waals surface area contributed by atoms with E-state index in [0.29, 0.717) is 6.61 Å². The lowest BCUT2D eigenvalue weighted by Gasteiger charge is -1.97. The molecule has 3 nitrogen and oxygen atoms in total. The molecule has 0 spiro atoms. The number of ether oxygens (including phenoxy) is 1. The van der Waals surface area contributed by atoms with E-state index in [9.17, 15) is 0 Å². The van der Waals surface area contributed by atoms with Crippen LogP contribution in [0.15, 0.2) is 25.0 Å². The summed E-state index contributed by atoms with van der Waals surface area (Å²) in [5.74, 6) is 0.809. The lowest BCUT2D eigenvalue weighted by atomic mass is 10.5. The van der Waals surface area contributed by atoms with Crippen LogP contribution in [0.5, 0.6) is 5.75 Å². The van der Waals surface area contributed by atoms with Crippen molar-refractivity contribution in [2.75, 3.05) is 6.61 Å². The van der Waals surface area contributed by atoms with Crippen LogP contribution in [0.25, 0.3) is 0 Å². The van der Waals surface area contributed by atoms with Crippen LogP contribution < -0.4 is 4.74 Å². The molecule has 1 aromatic rings. The molecule has 0 aliphatic rings. The van der Waals surface area contributed by atoms with Gasteiger partial charge in [0.05, 0.1) is 12.4 Å². The standard InChI is InChI=1S/C9H14N2O/c1-3-5-11-8-9(7-10-11)12-6-4-2/h4,7-8H,2-3,5-6H2,1H3. The van der Waals surface area contributed by atoms with E-state index < -0.39 is 0 Å². The first-order chi connectivity index (χ1) is 5.86.